The molecule has 0 aromatic rings. The highest BCUT2D eigenvalue weighted by Crippen LogP contribution is 2.14. The van der Waals surface area contributed by atoms with Gasteiger partial charge in [-0.05, 0) is 65.8 Å². The van der Waals surface area contributed by atoms with Crippen LogP contribution in [0.15, 0.2) is 0 Å². The lowest BCUT2D eigenvalue weighted by Gasteiger charge is -2.17. The molecule has 2 unspecified atom stereocenters. The molecule has 4 heteroatoms. The number of nitrogens with zero attached hydrogens (tertiary/aromatic N) is 1. The van der Waals surface area contributed by atoms with Crippen LogP contribution in [0.4, 0.5) is 0 Å². The van der Waals surface area contributed by atoms with Crippen LogP contribution in [0, 0.1) is 5.92 Å². The molecular formula is C13H27N3O. The number of hydrogen-bond acceptors (Lipinski definition) is 3. The SMILES string of the molecule is CC(CCN(C)C)NC(=O)CCC1CCNC1. The number of carbonyl (C=O) groups excluding carboxylic acids is 1. The largest absolute Gasteiger partial charge is 0.354 e. The van der Waals surface area contributed by atoms with Gasteiger partial charge in [-0.2, -0.15) is 0 Å². The molecule has 1 rings (SSSR count). The second kappa shape index (κ2) is 7.67. The summed E-state index contributed by atoms with van der Waals surface area (Å²) in [4.78, 5) is 13.9. The minimum absolute atomic E-state index is 0.211. The van der Waals surface area contributed by atoms with E-state index in [2.05, 4.69) is 36.6 Å². The van der Waals surface area contributed by atoms with Gasteiger partial charge in [0, 0.05) is 12.5 Å². The van der Waals surface area contributed by atoms with Gasteiger partial charge in [-0.1, -0.05) is 0 Å². The Bertz CT molecular complexity index is 225. The Morgan fingerprint density at radius 3 is 2.88 bits per heavy atom. The van der Waals surface area contributed by atoms with Crippen LogP contribution in [0.5, 0.6) is 0 Å². The maximum absolute atomic E-state index is 11.7. The van der Waals surface area contributed by atoms with Gasteiger partial charge in [-0.3, -0.25) is 4.79 Å². The molecule has 2 N–H and O–H groups in total. The van der Waals surface area contributed by atoms with E-state index in [1.54, 1.807) is 0 Å². The van der Waals surface area contributed by atoms with Crippen molar-refractivity contribution in [3.05, 3.63) is 0 Å². The van der Waals surface area contributed by atoms with Gasteiger partial charge in [-0.25, -0.2) is 0 Å². The van der Waals surface area contributed by atoms with Crippen molar-refractivity contribution in [3.63, 3.8) is 0 Å². The van der Waals surface area contributed by atoms with Crippen LogP contribution >= 0.6 is 0 Å². The first-order valence-electron chi connectivity index (χ1n) is 6.72. The predicted octanol–water partition coefficient (Wildman–Crippen LogP) is 0.833. The van der Waals surface area contributed by atoms with Crippen molar-refractivity contribution in [1.29, 1.82) is 0 Å². The molecule has 0 spiro atoms. The van der Waals surface area contributed by atoms with E-state index in [-0.39, 0.29) is 11.9 Å². The average molecular weight is 241 g/mol. The van der Waals surface area contributed by atoms with Crippen LogP contribution in [0.1, 0.15) is 32.6 Å². The van der Waals surface area contributed by atoms with Gasteiger partial charge in [0.2, 0.25) is 5.91 Å². The molecule has 1 heterocycles. The lowest BCUT2D eigenvalue weighted by Crippen LogP contribution is -2.34. The van der Waals surface area contributed by atoms with E-state index in [1.165, 1.54) is 6.42 Å². The monoisotopic (exact) mass is 241 g/mol. The molecule has 0 saturated carbocycles. The standard InChI is InChI=1S/C13H27N3O/c1-11(7-9-16(2)3)15-13(17)5-4-12-6-8-14-10-12/h11-12,14H,4-10H2,1-3H3,(H,15,17). The van der Waals surface area contributed by atoms with Gasteiger partial charge in [0.05, 0.1) is 0 Å². The Labute approximate surface area is 105 Å². The normalized spacial score (nSPS) is 21.8. The third kappa shape index (κ3) is 6.64. The van der Waals surface area contributed by atoms with Crippen LogP contribution in [-0.2, 0) is 4.79 Å². The van der Waals surface area contributed by atoms with Gasteiger partial charge in [-0.15, -0.1) is 0 Å². The molecule has 0 aliphatic carbocycles. The van der Waals surface area contributed by atoms with E-state index in [0.29, 0.717) is 12.3 Å². The summed E-state index contributed by atoms with van der Waals surface area (Å²) in [6.07, 6.45) is 3.95. The summed E-state index contributed by atoms with van der Waals surface area (Å²) < 4.78 is 0. The molecular weight excluding hydrogens is 214 g/mol. The van der Waals surface area contributed by atoms with E-state index >= 15 is 0 Å². The Morgan fingerprint density at radius 2 is 2.29 bits per heavy atom. The van der Waals surface area contributed by atoms with Crippen molar-refractivity contribution in [2.24, 2.45) is 5.92 Å². The van der Waals surface area contributed by atoms with Crippen molar-refractivity contribution in [3.8, 4) is 0 Å². The topological polar surface area (TPSA) is 44.4 Å². The highest BCUT2D eigenvalue weighted by atomic mass is 16.1. The Balaban J connectivity index is 2.06. The molecule has 1 aliphatic rings. The summed E-state index contributed by atoms with van der Waals surface area (Å²) in [5.41, 5.74) is 0. The minimum Gasteiger partial charge on any atom is -0.354 e. The van der Waals surface area contributed by atoms with Gasteiger partial charge in [0.1, 0.15) is 0 Å². The fourth-order valence-corrected chi connectivity index (χ4v) is 2.17. The van der Waals surface area contributed by atoms with Gasteiger partial charge in [0.25, 0.3) is 0 Å². The molecule has 100 valence electrons. The van der Waals surface area contributed by atoms with Crippen LogP contribution in [0.3, 0.4) is 0 Å². The van der Waals surface area contributed by atoms with E-state index in [4.69, 9.17) is 0 Å². The lowest BCUT2D eigenvalue weighted by atomic mass is 10.0. The summed E-state index contributed by atoms with van der Waals surface area (Å²) in [5, 5.41) is 6.41. The molecule has 0 bridgehead atoms. The molecule has 1 fully saturated rings. The Morgan fingerprint density at radius 1 is 1.53 bits per heavy atom. The maximum Gasteiger partial charge on any atom is 0.220 e. The van der Waals surface area contributed by atoms with Gasteiger partial charge in [0.15, 0.2) is 0 Å². The molecule has 1 amide bonds. The van der Waals surface area contributed by atoms with E-state index < -0.39 is 0 Å². The lowest BCUT2D eigenvalue weighted by molar-refractivity contribution is -0.122. The van der Waals surface area contributed by atoms with Crippen LogP contribution in [0.25, 0.3) is 0 Å². The number of amides is 1. The summed E-state index contributed by atoms with van der Waals surface area (Å²) in [6, 6.07) is 0.284. The molecule has 1 saturated heterocycles. The smallest absolute Gasteiger partial charge is 0.220 e. The Hall–Kier alpha value is -0.610. The van der Waals surface area contributed by atoms with Crippen molar-refractivity contribution < 1.29 is 4.79 Å². The quantitative estimate of drug-likeness (QED) is 0.694. The molecule has 17 heavy (non-hydrogen) atoms. The van der Waals surface area contributed by atoms with Crippen molar-refractivity contribution in [1.82, 2.24) is 15.5 Å². The predicted molar refractivity (Wildman–Crippen MR) is 71.0 cm³/mol. The number of rotatable bonds is 7. The molecule has 0 aromatic carbocycles. The van der Waals surface area contributed by atoms with Gasteiger partial charge < -0.3 is 15.5 Å². The number of hydrogen-bond donors (Lipinski definition) is 2. The summed E-state index contributed by atoms with van der Waals surface area (Å²) >= 11 is 0. The van der Waals surface area contributed by atoms with Crippen LogP contribution in [-0.4, -0.2) is 50.6 Å². The van der Waals surface area contributed by atoms with Crippen molar-refractivity contribution >= 4 is 5.91 Å². The van der Waals surface area contributed by atoms with E-state index in [9.17, 15) is 4.79 Å². The summed E-state index contributed by atoms with van der Waals surface area (Å²) in [6.45, 7) is 5.31. The zero-order valence-corrected chi connectivity index (χ0v) is 11.5. The molecule has 2 atom stereocenters. The first-order valence-corrected chi connectivity index (χ1v) is 6.72. The zero-order chi connectivity index (χ0) is 12.7. The third-order valence-corrected chi connectivity index (χ3v) is 3.36. The molecule has 1 aliphatic heterocycles. The Kier molecular flexibility index (Phi) is 6.52. The molecule has 4 nitrogen and oxygen atoms in total. The molecule has 0 radical (unpaired) electrons. The van der Waals surface area contributed by atoms with Crippen LogP contribution in [0.2, 0.25) is 0 Å². The van der Waals surface area contributed by atoms with Gasteiger partial charge >= 0.3 is 0 Å². The highest BCUT2D eigenvalue weighted by molar-refractivity contribution is 5.76. The number of nitrogens with one attached hydrogen (secondary N) is 2. The third-order valence-electron chi connectivity index (χ3n) is 3.36. The molecule has 0 aromatic heterocycles. The number of carbonyl (C=O) groups is 1. The summed E-state index contributed by atoms with van der Waals surface area (Å²) in [7, 11) is 4.11. The summed E-state index contributed by atoms with van der Waals surface area (Å²) in [5.74, 6) is 0.918. The fraction of sp³-hybridized carbons (Fsp3) is 0.923. The zero-order valence-electron chi connectivity index (χ0n) is 11.5. The second-order valence-corrected chi connectivity index (χ2v) is 5.46. The fourth-order valence-electron chi connectivity index (χ4n) is 2.17. The van der Waals surface area contributed by atoms with Crippen LogP contribution < -0.4 is 10.6 Å². The maximum atomic E-state index is 11.7. The van der Waals surface area contributed by atoms with Crippen molar-refractivity contribution in [2.45, 2.75) is 38.6 Å². The van der Waals surface area contributed by atoms with Crippen molar-refractivity contribution in [2.75, 3.05) is 33.7 Å². The first-order chi connectivity index (χ1) is 8.08. The highest BCUT2D eigenvalue weighted by Gasteiger charge is 2.16. The first kappa shape index (κ1) is 14.5. The minimum atomic E-state index is 0.211. The van der Waals surface area contributed by atoms with E-state index in [0.717, 1.165) is 32.5 Å². The second-order valence-electron chi connectivity index (χ2n) is 5.46. The average Bonchev–Trinajstić information content (AvgIpc) is 2.76. The van der Waals surface area contributed by atoms with E-state index in [1.807, 2.05) is 0 Å².